The highest BCUT2D eigenvalue weighted by atomic mass is 32.2. The first-order chi connectivity index (χ1) is 15.8. The van der Waals surface area contributed by atoms with Gasteiger partial charge in [-0.25, -0.2) is 8.42 Å². The van der Waals surface area contributed by atoms with E-state index in [1.165, 1.54) is 17.0 Å². The number of sulfonamides is 1. The lowest BCUT2D eigenvalue weighted by molar-refractivity contribution is 0.102. The number of hydrogen-bond acceptors (Lipinski definition) is 5. The molecular weight excluding hydrogens is 438 g/mol. The van der Waals surface area contributed by atoms with Gasteiger partial charge in [-0.05, 0) is 74.2 Å². The smallest absolute Gasteiger partial charge is 0.255 e. The molecule has 5 rings (SSSR count). The third kappa shape index (κ3) is 4.13. The molecule has 8 nitrogen and oxygen atoms in total. The van der Waals surface area contributed by atoms with Crippen LogP contribution in [0, 0.1) is 0 Å². The molecule has 1 aromatic heterocycles. The largest absolute Gasteiger partial charge is 0.322 e. The van der Waals surface area contributed by atoms with Crippen molar-refractivity contribution in [2.24, 2.45) is 0 Å². The van der Waals surface area contributed by atoms with Gasteiger partial charge < -0.3 is 9.88 Å². The van der Waals surface area contributed by atoms with Gasteiger partial charge in [-0.1, -0.05) is 6.42 Å². The van der Waals surface area contributed by atoms with E-state index in [1.807, 2.05) is 31.2 Å². The second kappa shape index (κ2) is 8.30. The summed E-state index contributed by atoms with van der Waals surface area (Å²) in [5.74, 6) is 1.68. The molecule has 0 saturated carbocycles. The van der Waals surface area contributed by atoms with Crippen molar-refractivity contribution in [2.75, 3.05) is 15.9 Å². The van der Waals surface area contributed by atoms with Gasteiger partial charge in [0.25, 0.3) is 5.91 Å². The Balaban J connectivity index is 1.32. The summed E-state index contributed by atoms with van der Waals surface area (Å²) in [5.41, 5.74) is 3.68. The van der Waals surface area contributed by atoms with Crippen LogP contribution in [-0.4, -0.2) is 41.4 Å². The van der Waals surface area contributed by atoms with Crippen molar-refractivity contribution in [1.82, 2.24) is 14.8 Å². The number of anilines is 2. The van der Waals surface area contributed by atoms with Crippen LogP contribution < -0.4 is 9.62 Å². The molecule has 0 fully saturated rings. The number of hydrogen-bond donors (Lipinski definition) is 1. The lowest BCUT2D eigenvalue weighted by Gasteiger charge is -2.21. The van der Waals surface area contributed by atoms with E-state index < -0.39 is 10.0 Å². The molecule has 9 heteroatoms. The number of benzene rings is 2. The molecule has 33 heavy (non-hydrogen) atoms. The number of carbonyl (C=O) groups is 1. The van der Waals surface area contributed by atoms with Crippen LogP contribution in [0.2, 0.25) is 0 Å². The molecule has 1 atom stereocenters. The van der Waals surface area contributed by atoms with Gasteiger partial charge in [0.15, 0.2) is 5.82 Å². The zero-order chi connectivity index (χ0) is 23.2. The van der Waals surface area contributed by atoms with E-state index in [0.29, 0.717) is 23.4 Å². The van der Waals surface area contributed by atoms with Gasteiger partial charge >= 0.3 is 0 Å². The van der Waals surface area contributed by atoms with Gasteiger partial charge in [0.1, 0.15) is 5.82 Å². The molecule has 0 spiro atoms. The molecule has 1 N–H and O–H groups in total. The van der Waals surface area contributed by atoms with Crippen molar-refractivity contribution < 1.29 is 13.2 Å². The van der Waals surface area contributed by atoms with Crippen LogP contribution in [0.4, 0.5) is 11.4 Å². The zero-order valence-corrected chi connectivity index (χ0v) is 19.6. The third-order valence-corrected chi connectivity index (χ3v) is 7.63. The third-order valence-electron chi connectivity index (χ3n) is 6.36. The van der Waals surface area contributed by atoms with E-state index in [-0.39, 0.29) is 11.9 Å². The summed E-state index contributed by atoms with van der Waals surface area (Å²) in [6.45, 7) is 2.81. The molecule has 1 amide bonds. The van der Waals surface area contributed by atoms with Crippen LogP contribution in [0.25, 0.3) is 11.4 Å². The summed E-state index contributed by atoms with van der Waals surface area (Å²) in [5, 5.41) is 11.7. The predicted molar refractivity (Wildman–Crippen MR) is 128 cm³/mol. The summed E-state index contributed by atoms with van der Waals surface area (Å²) in [4.78, 5) is 12.8. The van der Waals surface area contributed by atoms with Crippen LogP contribution in [-0.2, 0) is 29.4 Å². The average Bonchev–Trinajstić information content (AvgIpc) is 3.24. The Labute approximate surface area is 193 Å². The van der Waals surface area contributed by atoms with Crippen molar-refractivity contribution in [3.8, 4) is 11.4 Å². The number of aryl methyl sites for hydroxylation is 1. The number of amides is 1. The Bertz CT molecular complexity index is 1310. The van der Waals surface area contributed by atoms with E-state index in [9.17, 15) is 13.2 Å². The van der Waals surface area contributed by atoms with Crippen molar-refractivity contribution in [1.29, 1.82) is 0 Å². The van der Waals surface area contributed by atoms with Crippen molar-refractivity contribution in [2.45, 2.75) is 51.6 Å². The first-order valence-electron chi connectivity index (χ1n) is 11.3. The van der Waals surface area contributed by atoms with Gasteiger partial charge in [0, 0.05) is 35.8 Å². The average molecular weight is 466 g/mol. The zero-order valence-electron chi connectivity index (χ0n) is 18.8. The van der Waals surface area contributed by atoms with Crippen LogP contribution in [0.1, 0.15) is 47.9 Å². The topological polar surface area (TPSA) is 97.2 Å². The first-order valence-corrected chi connectivity index (χ1v) is 13.1. The summed E-state index contributed by atoms with van der Waals surface area (Å²) >= 11 is 0. The van der Waals surface area contributed by atoms with E-state index in [1.54, 1.807) is 18.2 Å². The SMILES string of the molecule is C[C@@H]1Cc2cc(C(=O)Nc3ccc(-c4nnc5n4CCCCC5)cc3)ccc2N1S(C)(=O)=O. The van der Waals surface area contributed by atoms with Gasteiger partial charge in [0.05, 0.1) is 11.9 Å². The van der Waals surface area contributed by atoms with Gasteiger partial charge in [0.2, 0.25) is 10.0 Å². The highest BCUT2D eigenvalue weighted by molar-refractivity contribution is 7.92. The monoisotopic (exact) mass is 465 g/mol. The molecule has 3 aromatic rings. The van der Waals surface area contributed by atoms with Crippen molar-refractivity contribution in [3.05, 3.63) is 59.4 Å². The first kappa shape index (κ1) is 21.6. The Hall–Kier alpha value is -3.20. The molecule has 3 heterocycles. The highest BCUT2D eigenvalue weighted by Gasteiger charge is 2.32. The fourth-order valence-electron chi connectivity index (χ4n) is 4.85. The molecule has 0 radical (unpaired) electrons. The minimum absolute atomic E-state index is 0.159. The lowest BCUT2D eigenvalue weighted by atomic mass is 10.1. The minimum Gasteiger partial charge on any atom is -0.322 e. The summed E-state index contributed by atoms with van der Waals surface area (Å²) in [7, 11) is -3.36. The second-order valence-corrected chi connectivity index (χ2v) is 10.7. The summed E-state index contributed by atoms with van der Waals surface area (Å²) in [6, 6.07) is 12.6. The maximum absolute atomic E-state index is 12.8. The second-order valence-electron chi connectivity index (χ2n) is 8.89. The van der Waals surface area contributed by atoms with E-state index in [2.05, 4.69) is 20.1 Å². The standard InChI is InChI=1S/C24H27N5O3S/c1-16-14-19-15-18(9-12-21(19)29(16)33(2,31)32)24(30)25-20-10-7-17(8-11-20)23-27-26-22-6-4-3-5-13-28(22)23/h7-12,15-16H,3-6,13-14H2,1-2H3,(H,25,30)/t16-/m1/s1. The van der Waals surface area contributed by atoms with Gasteiger partial charge in [-0.2, -0.15) is 0 Å². The fourth-order valence-corrected chi connectivity index (χ4v) is 6.12. The van der Waals surface area contributed by atoms with Gasteiger partial charge in [-0.3, -0.25) is 9.10 Å². The van der Waals surface area contributed by atoms with E-state index in [0.717, 1.165) is 48.6 Å². The maximum atomic E-state index is 12.8. The maximum Gasteiger partial charge on any atom is 0.255 e. The Morgan fingerprint density at radius 1 is 1.06 bits per heavy atom. The van der Waals surface area contributed by atoms with Crippen molar-refractivity contribution >= 4 is 27.3 Å². The number of carbonyl (C=O) groups excluding carboxylic acids is 1. The van der Waals surface area contributed by atoms with Crippen LogP contribution >= 0.6 is 0 Å². The van der Waals surface area contributed by atoms with E-state index >= 15 is 0 Å². The molecular formula is C24H27N5O3S. The molecule has 0 bridgehead atoms. The van der Waals surface area contributed by atoms with E-state index in [4.69, 9.17) is 0 Å². The van der Waals surface area contributed by atoms with Gasteiger partial charge in [-0.15, -0.1) is 10.2 Å². The van der Waals surface area contributed by atoms with Crippen molar-refractivity contribution in [3.63, 3.8) is 0 Å². The Morgan fingerprint density at radius 3 is 2.61 bits per heavy atom. The Kier molecular flexibility index (Phi) is 5.44. The fraction of sp³-hybridized carbons (Fsp3) is 0.375. The number of aromatic nitrogens is 3. The molecule has 0 unspecified atom stereocenters. The Morgan fingerprint density at radius 2 is 1.85 bits per heavy atom. The van der Waals surface area contributed by atoms with Crippen LogP contribution in [0.5, 0.6) is 0 Å². The molecule has 0 aliphatic carbocycles. The normalized spacial score (nSPS) is 17.9. The predicted octanol–water partition coefficient (Wildman–Crippen LogP) is 3.63. The molecule has 172 valence electrons. The minimum atomic E-state index is -3.36. The van der Waals surface area contributed by atoms with Crippen LogP contribution in [0.3, 0.4) is 0 Å². The number of fused-ring (bicyclic) bond motifs is 2. The summed E-state index contributed by atoms with van der Waals surface area (Å²) in [6.07, 6.45) is 6.25. The number of nitrogens with one attached hydrogen (secondary N) is 1. The quantitative estimate of drug-likeness (QED) is 0.635. The number of nitrogens with zero attached hydrogens (tertiary/aromatic N) is 4. The van der Waals surface area contributed by atoms with Crippen LogP contribution in [0.15, 0.2) is 42.5 Å². The molecule has 2 aliphatic rings. The lowest BCUT2D eigenvalue weighted by Crippen LogP contribution is -2.34. The molecule has 0 saturated heterocycles. The number of rotatable bonds is 4. The molecule has 2 aliphatic heterocycles. The summed E-state index contributed by atoms with van der Waals surface area (Å²) < 4.78 is 27.8. The molecule has 2 aromatic carbocycles. The highest BCUT2D eigenvalue weighted by Crippen LogP contribution is 2.35.